The monoisotopic (exact) mass is 321 g/mol. The SMILES string of the molecule is O=C(NCc1cccnc1)[C@H]1C[C@@H](c2ccccc2)N2CCC[C@H]12. The molecule has 0 saturated carbocycles. The summed E-state index contributed by atoms with van der Waals surface area (Å²) in [5.74, 6) is 0.281. The molecule has 2 aliphatic rings. The van der Waals surface area contributed by atoms with Crippen LogP contribution in [0.1, 0.15) is 36.4 Å². The van der Waals surface area contributed by atoms with Crippen LogP contribution in [0.15, 0.2) is 54.9 Å². The van der Waals surface area contributed by atoms with E-state index in [1.165, 1.54) is 12.0 Å². The van der Waals surface area contributed by atoms with Crippen molar-refractivity contribution in [3.05, 3.63) is 66.0 Å². The van der Waals surface area contributed by atoms with Gasteiger partial charge in [0.2, 0.25) is 5.91 Å². The van der Waals surface area contributed by atoms with Crippen molar-refractivity contribution in [3.8, 4) is 0 Å². The molecule has 3 heterocycles. The quantitative estimate of drug-likeness (QED) is 0.942. The van der Waals surface area contributed by atoms with Crippen molar-refractivity contribution in [2.24, 2.45) is 5.92 Å². The number of pyridine rings is 1. The second-order valence-electron chi connectivity index (χ2n) is 6.80. The Hall–Kier alpha value is -2.20. The zero-order valence-corrected chi connectivity index (χ0v) is 13.8. The molecule has 2 aliphatic heterocycles. The van der Waals surface area contributed by atoms with Gasteiger partial charge in [0.1, 0.15) is 0 Å². The third-order valence-electron chi connectivity index (χ3n) is 5.39. The molecule has 4 nitrogen and oxygen atoms in total. The number of rotatable bonds is 4. The Morgan fingerprint density at radius 1 is 1.21 bits per heavy atom. The summed E-state index contributed by atoms with van der Waals surface area (Å²) in [6.45, 7) is 1.67. The van der Waals surface area contributed by atoms with Gasteiger partial charge in [-0.3, -0.25) is 14.7 Å². The van der Waals surface area contributed by atoms with Gasteiger partial charge in [-0.2, -0.15) is 0 Å². The van der Waals surface area contributed by atoms with E-state index in [0.29, 0.717) is 18.6 Å². The van der Waals surface area contributed by atoms with Gasteiger partial charge in [0.15, 0.2) is 0 Å². The van der Waals surface area contributed by atoms with E-state index >= 15 is 0 Å². The standard InChI is InChI=1S/C20H23N3O/c24-20(22-14-15-6-4-10-21-13-15)17-12-19(16-7-2-1-3-8-16)23-11-5-9-18(17)23/h1-4,6-8,10,13,17-19H,5,9,11-12,14H2,(H,22,24)/t17-,18+,19-/m0/s1. The molecule has 2 saturated heterocycles. The lowest BCUT2D eigenvalue weighted by Crippen LogP contribution is -2.37. The maximum Gasteiger partial charge on any atom is 0.225 e. The Labute approximate surface area is 142 Å². The summed E-state index contributed by atoms with van der Waals surface area (Å²) in [6.07, 6.45) is 6.81. The number of benzene rings is 1. The molecule has 1 aromatic heterocycles. The summed E-state index contributed by atoms with van der Waals surface area (Å²) >= 11 is 0. The molecule has 0 spiro atoms. The Balaban J connectivity index is 1.46. The van der Waals surface area contributed by atoms with E-state index in [9.17, 15) is 4.79 Å². The van der Waals surface area contributed by atoms with Crippen LogP contribution in [0.5, 0.6) is 0 Å². The van der Waals surface area contributed by atoms with Crippen molar-refractivity contribution in [2.45, 2.75) is 37.9 Å². The molecule has 1 amide bonds. The van der Waals surface area contributed by atoms with Crippen molar-refractivity contribution in [1.29, 1.82) is 0 Å². The molecule has 4 rings (SSSR count). The highest BCUT2D eigenvalue weighted by molar-refractivity contribution is 5.80. The first-order chi connectivity index (χ1) is 11.8. The van der Waals surface area contributed by atoms with Gasteiger partial charge in [-0.05, 0) is 43.0 Å². The largest absolute Gasteiger partial charge is 0.352 e. The van der Waals surface area contributed by atoms with Crippen LogP contribution in [0.2, 0.25) is 0 Å². The van der Waals surface area contributed by atoms with Crippen LogP contribution in [0.4, 0.5) is 0 Å². The Bertz CT molecular complexity index is 689. The number of carbonyl (C=O) groups is 1. The van der Waals surface area contributed by atoms with E-state index in [1.54, 1.807) is 6.20 Å². The van der Waals surface area contributed by atoms with Crippen LogP contribution in [0.3, 0.4) is 0 Å². The molecule has 0 bridgehead atoms. The van der Waals surface area contributed by atoms with Crippen LogP contribution in [-0.2, 0) is 11.3 Å². The Morgan fingerprint density at radius 3 is 2.88 bits per heavy atom. The molecule has 1 N–H and O–H groups in total. The smallest absolute Gasteiger partial charge is 0.225 e. The molecule has 3 atom stereocenters. The summed E-state index contributed by atoms with van der Waals surface area (Å²) in [4.78, 5) is 19.4. The number of nitrogens with one attached hydrogen (secondary N) is 1. The van der Waals surface area contributed by atoms with E-state index in [2.05, 4.69) is 45.5 Å². The minimum Gasteiger partial charge on any atom is -0.352 e. The number of hydrogen-bond donors (Lipinski definition) is 1. The highest BCUT2D eigenvalue weighted by Crippen LogP contribution is 2.44. The van der Waals surface area contributed by atoms with Crippen LogP contribution in [0.25, 0.3) is 0 Å². The summed E-state index contributed by atoms with van der Waals surface area (Å²) in [5.41, 5.74) is 2.39. The first kappa shape index (κ1) is 15.3. The minimum atomic E-state index is 0.0920. The number of hydrogen-bond acceptors (Lipinski definition) is 3. The topological polar surface area (TPSA) is 45.2 Å². The van der Waals surface area contributed by atoms with Gasteiger partial charge >= 0.3 is 0 Å². The average molecular weight is 321 g/mol. The zero-order chi connectivity index (χ0) is 16.4. The number of aromatic nitrogens is 1. The third kappa shape index (κ3) is 2.94. The Morgan fingerprint density at radius 2 is 2.08 bits per heavy atom. The molecule has 4 heteroatoms. The van der Waals surface area contributed by atoms with Gasteiger partial charge < -0.3 is 5.32 Å². The maximum absolute atomic E-state index is 12.8. The van der Waals surface area contributed by atoms with Gasteiger partial charge in [0.25, 0.3) is 0 Å². The van der Waals surface area contributed by atoms with Crippen LogP contribution < -0.4 is 5.32 Å². The normalized spacial score (nSPS) is 26.2. The lowest BCUT2D eigenvalue weighted by molar-refractivity contribution is -0.125. The van der Waals surface area contributed by atoms with Crippen molar-refractivity contribution < 1.29 is 4.79 Å². The van der Waals surface area contributed by atoms with Gasteiger partial charge in [0, 0.05) is 31.0 Å². The third-order valence-corrected chi connectivity index (χ3v) is 5.39. The second kappa shape index (κ2) is 6.73. The minimum absolute atomic E-state index is 0.0920. The van der Waals surface area contributed by atoms with E-state index < -0.39 is 0 Å². The van der Waals surface area contributed by atoms with E-state index in [4.69, 9.17) is 0 Å². The van der Waals surface area contributed by atoms with Crippen LogP contribution in [0, 0.1) is 5.92 Å². The summed E-state index contributed by atoms with van der Waals surface area (Å²) in [5, 5.41) is 3.12. The first-order valence-electron chi connectivity index (χ1n) is 8.80. The molecule has 0 aliphatic carbocycles. The fraction of sp³-hybridized carbons (Fsp3) is 0.400. The molecule has 2 fully saturated rings. The number of nitrogens with zero attached hydrogens (tertiary/aromatic N) is 2. The molecule has 0 radical (unpaired) electrons. The highest BCUT2D eigenvalue weighted by atomic mass is 16.2. The first-order valence-corrected chi connectivity index (χ1v) is 8.80. The fourth-order valence-electron chi connectivity index (χ4n) is 4.27. The highest BCUT2D eigenvalue weighted by Gasteiger charge is 2.46. The number of amides is 1. The van der Waals surface area contributed by atoms with Crippen molar-refractivity contribution in [2.75, 3.05) is 6.54 Å². The zero-order valence-electron chi connectivity index (χ0n) is 13.8. The fourth-order valence-corrected chi connectivity index (χ4v) is 4.27. The summed E-state index contributed by atoms with van der Waals surface area (Å²) < 4.78 is 0. The van der Waals surface area contributed by atoms with E-state index in [1.807, 2.05) is 18.3 Å². The Kier molecular flexibility index (Phi) is 4.30. The van der Waals surface area contributed by atoms with Gasteiger partial charge in [-0.15, -0.1) is 0 Å². The van der Waals surface area contributed by atoms with Crippen LogP contribution >= 0.6 is 0 Å². The predicted molar refractivity (Wildman–Crippen MR) is 93.1 cm³/mol. The van der Waals surface area contributed by atoms with Crippen molar-refractivity contribution >= 4 is 5.91 Å². The number of carbonyl (C=O) groups excluding carboxylic acids is 1. The van der Waals surface area contributed by atoms with E-state index in [0.717, 1.165) is 24.9 Å². The molecule has 24 heavy (non-hydrogen) atoms. The lowest BCUT2D eigenvalue weighted by Gasteiger charge is -2.24. The van der Waals surface area contributed by atoms with E-state index in [-0.39, 0.29) is 11.8 Å². The molecule has 2 aromatic rings. The van der Waals surface area contributed by atoms with Gasteiger partial charge in [0.05, 0.1) is 5.92 Å². The van der Waals surface area contributed by atoms with Crippen LogP contribution in [-0.4, -0.2) is 28.4 Å². The van der Waals surface area contributed by atoms with Gasteiger partial charge in [-0.1, -0.05) is 36.4 Å². The van der Waals surface area contributed by atoms with Crippen molar-refractivity contribution in [3.63, 3.8) is 0 Å². The summed E-state index contributed by atoms with van der Waals surface area (Å²) in [6, 6.07) is 15.3. The molecule has 0 unspecified atom stereocenters. The average Bonchev–Trinajstić information content (AvgIpc) is 3.24. The number of fused-ring (bicyclic) bond motifs is 1. The second-order valence-corrected chi connectivity index (χ2v) is 6.80. The molecular formula is C20H23N3O. The molecule has 1 aromatic carbocycles. The predicted octanol–water partition coefficient (Wildman–Crippen LogP) is 2.92. The lowest BCUT2D eigenvalue weighted by atomic mass is 9.93. The maximum atomic E-state index is 12.8. The van der Waals surface area contributed by atoms with Gasteiger partial charge in [-0.25, -0.2) is 0 Å². The van der Waals surface area contributed by atoms with Crippen molar-refractivity contribution in [1.82, 2.24) is 15.2 Å². The molecular weight excluding hydrogens is 298 g/mol. The summed E-state index contributed by atoms with van der Waals surface area (Å²) in [7, 11) is 0. The molecule has 124 valence electrons.